The van der Waals surface area contributed by atoms with Crippen molar-refractivity contribution in [2.24, 2.45) is 0 Å². The van der Waals surface area contributed by atoms with E-state index in [-0.39, 0.29) is 30.6 Å². The summed E-state index contributed by atoms with van der Waals surface area (Å²) in [5.74, 6) is -0.107. The average molecular weight is 298 g/mol. The molecule has 1 aliphatic heterocycles. The zero-order valence-electron chi connectivity index (χ0n) is 12.2. The summed E-state index contributed by atoms with van der Waals surface area (Å²) in [7, 11) is 0. The number of hydrogen-bond donors (Lipinski definition) is 2. The zero-order valence-corrected chi connectivity index (χ0v) is 12.2. The van der Waals surface area contributed by atoms with Crippen LogP contribution >= 0.6 is 0 Å². The van der Waals surface area contributed by atoms with Crippen LogP contribution < -0.4 is 10.6 Å². The first-order chi connectivity index (χ1) is 10.7. The van der Waals surface area contributed by atoms with Crippen LogP contribution in [0.15, 0.2) is 24.3 Å². The molecule has 1 saturated heterocycles. The van der Waals surface area contributed by atoms with Crippen LogP contribution in [-0.4, -0.2) is 35.5 Å². The Bertz CT molecular complexity index is 637. The molecule has 1 aliphatic carbocycles. The van der Waals surface area contributed by atoms with E-state index in [0.29, 0.717) is 11.3 Å². The third-order valence-electron chi connectivity index (χ3n) is 4.29. The quantitative estimate of drug-likeness (QED) is 0.829. The Kier molecular flexibility index (Phi) is 3.96. The second-order valence-electron chi connectivity index (χ2n) is 5.78. The monoisotopic (exact) mass is 298 g/mol. The first-order valence-corrected chi connectivity index (χ1v) is 7.54. The number of anilines is 1. The first-order valence-electron chi connectivity index (χ1n) is 7.54. The van der Waals surface area contributed by atoms with E-state index in [1.165, 1.54) is 0 Å². The van der Waals surface area contributed by atoms with Gasteiger partial charge in [0.2, 0.25) is 5.91 Å². The predicted octanol–water partition coefficient (Wildman–Crippen LogP) is 1.83. The zero-order chi connectivity index (χ0) is 15.5. The van der Waals surface area contributed by atoms with Crippen molar-refractivity contribution >= 4 is 17.6 Å². The highest BCUT2D eigenvalue weighted by Crippen LogP contribution is 2.26. The van der Waals surface area contributed by atoms with Crippen molar-refractivity contribution in [2.75, 3.05) is 11.9 Å². The van der Waals surface area contributed by atoms with E-state index in [1.54, 1.807) is 29.2 Å². The molecule has 0 radical (unpaired) electrons. The number of nitrogens with zero attached hydrogens (tertiary/aromatic N) is 2. The highest BCUT2D eigenvalue weighted by molar-refractivity contribution is 5.93. The van der Waals surface area contributed by atoms with Gasteiger partial charge in [0, 0.05) is 11.7 Å². The molecular weight excluding hydrogens is 280 g/mol. The number of hydrogen-bond acceptors (Lipinski definition) is 3. The van der Waals surface area contributed by atoms with Gasteiger partial charge in [0.15, 0.2) is 0 Å². The van der Waals surface area contributed by atoms with Crippen LogP contribution in [0.3, 0.4) is 0 Å². The first kappa shape index (κ1) is 14.4. The molecule has 2 atom stereocenters. The molecule has 1 aromatic carbocycles. The molecule has 2 unspecified atom stereocenters. The van der Waals surface area contributed by atoms with Crippen molar-refractivity contribution in [3.8, 4) is 6.07 Å². The summed E-state index contributed by atoms with van der Waals surface area (Å²) in [6.07, 6.45) is 3.99. The number of nitriles is 1. The number of fused-ring (bicyclic) bond motifs is 1. The maximum atomic E-state index is 12.5. The summed E-state index contributed by atoms with van der Waals surface area (Å²) in [6.45, 7) is 0.0882. The van der Waals surface area contributed by atoms with Crippen molar-refractivity contribution in [3.63, 3.8) is 0 Å². The lowest BCUT2D eigenvalue weighted by Gasteiger charge is -2.43. The number of benzene rings is 1. The summed E-state index contributed by atoms with van der Waals surface area (Å²) in [6, 6.07) is 8.66. The Hall–Kier alpha value is -2.55. The molecule has 3 amide bonds. The van der Waals surface area contributed by atoms with Crippen molar-refractivity contribution in [1.82, 2.24) is 10.2 Å². The summed E-state index contributed by atoms with van der Waals surface area (Å²) >= 11 is 0. The highest BCUT2D eigenvalue weighted by atomic mass is 16.2. The molecule has 1 heterocycles. The molecular formula is C16H18N4O2. The summed E-state index contributed by atoms with van der Waals surface area (Å²) < 4.78 is 0. The molecule has 3 rings (SSSR count). The second kappa shape index (κ2) is 6.06. The van der Waals surface area contributed by atoms with Crippen LogP contribution in [0.1, 0.15) is 31.2 Å². The van der Waals surface area contributed by atoms with Gasteiger partial charge in [-0.3, -0.25) is 4.79 Å². The highest BCUT2D eigenvalue weighted by Gasteiger charge is 2.38. The van der Waals surface area contributed by atoms with Gasteiger partial charge in [-0.05, 0) is 31.0 Å². The number of carbonyl (C=O) groups excluding carboxylic acids is 2. The molecule has 2 fully saturated rings. The van der Waals surface area contributed by atoms with Gasteiger partial charge in [-0.25, -0.2) is 4.79 Å². The minimum Gasteiger partial charge on any atom is -0.350 e. The van der Waals surface area contributed by atoms with Gasteiger partial charge >= 0.3 is 6.03 Å². The molecule has 0 aromatic heterocycles. The summed E-state index contributed by atoms with van der Waals surface area (Å²) in [4.78, 5) is 26.0. The molecule has 0 bridgehead atoms. The van der Waals surface area contributed by atoms with Gasteiger partial charge < -0.3 is 15.5 Å². The molecule has 2 aliphatic rings. The maximum Gasteiger partial charge on any atom is 0.322 e. The van der Waals surface area contributed by atoms with Gasteiger partial charge in [-0.2, -0.15) is 5.26 Å². The topological polar surface area (TPSA) is 85.2 Å². The smallest absolute Gasteiger partial charge is 0.322 e. The fraction of sp³-hybridized carbons (Fsp3) is 0.438. The van der Waals surface area contributed by atoms with Crippen LogP contribution in [0, 0.1) is 11.3 Å². The average Bonchev–Trinajstić information content (AvgIpc) is 2.54. The molecule has 114 valence electrons. The van der Waals surface area contributed by atoms with E-state index >= 15 is 0 Å². The number of carbonyl (C=O) groups is 2. The van der Waals surface area contributed by atoms with E-state index < -0.39 is 0 Å². The van der Waals surface area contributed by atoms with Crippen LogP contribution in [0.4, 0.5) is 10.5 Å². The molecule has 6 heteroatoms. The summed E-state index contributed by atoms with van der Waals surface area (Å²) in [5, 5.41) is 14.7. The van der Waals surface area contributed by atoms with Crippen LogP contribution in [0.25, 0.3) is 0 Å². The largest absolute Gasteiger partial charge is 0.350 e. The minimum atomic E-state index is -0.276. The number of rotatable bonds is 1. The fourth-order valence-electron chi connectivity index (χ4n) is 3.26. The predicted molar refractivity (Wildman–Crippen MR) is 81.1 cm³/mol. The van der Waals surface area contributed by atoms with E-state index in [1.807, 2.05) is 6.07 Å². The third kappa shape index (κ3) is 2.89. The van der Waals surface area contributed by atoms with Gasteiger partial charge in [0.05, 0.1) is 17.7 Å². The minimum absolute atomic E-state index is 0.0607. The SMILES string of the molecule is N#Cc1cccc(NC(=O)N2CC(=O)NC3CCCCC32)c1. The molecule has 2 N–H and O–H groups in total. The van der Waals surface area contributed by atoms with E-state index in [0.717, 1.165) is 25.7 Å². The Morgan fingerprint density at radius 2 is 2.18 bits per heavy atom. The summed E-state index contributed by atoms with van der Waals surface area (Å²) in [5.41, 5.74) is 1.06. The second-order valence-corrected chi connectivity index (χ2v) is 5.78. The lowest BCUT2D eigenvalue weighted by atomic mass is 9.87. The maximum absolute atomic E-state index is 12.5. The molecule has 1 saturated carbocycles. The van der Waals surface area contributed by atoms with E-state index in [4.69, 9.17) is 5.26 Å². The number of piperazine rings is 1. The number of amides is 3. The van der Waals surface area contributed by atoms with Crippen LogP contribution in [0.2, 0.25) is 0 Å². The molecule has 0 spiro atoms. The molecule has 1 aromatic rings. The Balaban J connectivity index is 1.75. The number of nitrogens with one attached hydrogen (secondary N) is 2. The molecule has 6 nitrogen and oxygen atoms in total. The van der Waals surface area contributed by atoms with Gasteiger partial charge in [-0.1, -0.05) is 18.9 Å². The Morgan fingerprint density at radius 3 is 3.00 bits per heavy atom. The lowest BCUT2D eigenvalue weighted by Crippen LogP contribution is -2.63. The normalized spacial score (nSPS) is 24.0. The lowest BCUT2D eigenvalue weighted by molar-refractivity contribution is -0.126. The van der Waals surface area contributed by atoms with Crippen LogP contribution in [0.5, 0.6) is 0 Å². The fourth-order valence-corrected chi connectivity index (χ4v) is 3.26. The van der Waals surface area contributed by atoms with Gasteiger partial charge in [0.25, 0.3) is 0 Å². The number of urea groups is 1. The van der Waals surface area contributed by atoms with Gasteiger partial charge in [0.1, 0.15) is 6.54 Å². The van der Waals surface area contributed by atoms with Crippen molar-refractivity contribution in [1.29, 1.82) is 5.26 Å². The van der Waals surface area contributed by atoms with Crippen molar-refractivity contribution in [2.45, 2.75) is 37.8 Å². The van der Waals surface area contributed by atoms with Crippen LogP contribution in [-0.2, 0) is 4.79 Å². The van der Waals surface area contributed by atoms with Crippen molar-refractivity contribution in [3.05, 3.63) is 29.8 Å². The van der Waals surface area contributed by atoms with Crippen molar-refractivity contribution < 1.29 is 9.59 Å². The Labute approximate surface area is 129 Å². The standard InChI is InChI=1S/C16H18N4O2/c17-9-11-4-3-5-12(8-11)18-16(22)20-10-15(21)19-13-6-1-2-7-14(13)20/h3-5,8,13-14H,1-2,6-7,10H2,(H,18,22)(H,19,21). The van der Waals surface area contributed by atoms with Gasteiger partial charge in [-0.15, -0.1) is 0 Å². The van der Waals surface area contributed by atoms with E-state index in [2.05, 4.69) is 10.6 Å². The Morgan fingerprint density at radius 1 is 1.36 bits per heavy atom. The molecule has 22 heavy (non-hydrogen) atoms. The van der Waals surface area contributed by atoms with E-state index in [9.17, 15) is 9.59 Å². The third-order valence-corrected chi connectivity index (χ3v) is 4.29.